The Labute approximate surface area is 129 Å². The van der Waals surface area contributed by atoms with Crippen LogP contribution in [0.1, 0.15) is 5.56 Å². The third-order valence-electron chi connectivity index (χ3n) is 2.99. The fourth-order valence-corrected chi connectivity index (χ4v) is 1.86. The van der Waals surface area contributed by atoms with E-state index < -0.39 is 6.03 Å². The first-order chi connectivity index (χ1) is 10.6. The molecule has 6 nitrogen and oxygen atoms in total. The number of ether oxygens (including phenoxy) is 2. The summed E-state index contributed by atoms with van der Waals surface area (Å²) in [5.41, 5.74) is 7.88. The Morgan fingerprint density at radius 3 is 2.64 bits per heavy atom. The number of urea groups is 1. The summed E-state index contributed by atoms with van der Waals surface area (Å²) in [6.07, 6.45) is 0. The normalized spacial score (nSPS) is 9.91. The van der Waals surface area contributed by atoms with Crippen LogP contribution in [0.25, 0.3) is 0 Å². The number of carbonyl (C=O) groups is 1. The minimum absolute atomic E-state index is 0.0118. The second kappa shape index (κ2) is 7.21. The first kappa shape index (κ1) is 15.5. The molecule has 0 aliphatic carbocycles. The van der Waals surface area contributed by atoms with Crippen molar-refractivity contribution in [2.45, 2.75) is 6.92 Å². The SMILES string of the molecule is COc1ccccc1OCNC(=O)Nc1cc(C)ccc1N. The molecule has 0 unspecified atom stereocenters. The summed E-state index contributed by atoms with van der Waals surface area (Å²) in [5.74, 6) is 1.16. The molecule has 2 amide bonds. The van der Waals surface area contributed by atoms with Crippen LogP contribution in [-0.2, 0) is 0 Å². The highest BCUT2D eigenvalue weighted by molar-refractivity contribution is 5.92. The van der Waals surface area contributed by atoms with Gasteiger partial charge in [0.05, 0.1) is 18.5 Å². The maximum atomic E-state index is 11.8. The summed E-state index contributed by atoms with van der Waals surface area (Å²) in [7, 11) is 1.56. The predicted octanol–water partition coefficient (Wildman–Crippen LogP) is 2.74. The summed E-state index contributed by atoms with van der Waals surface area (Å²) in [6.45, 7) is 1.94. The van der Waals surface area contributed by atoms with E-state index in [0.717, 1.165) is 5.56 Å². The number of nitrogens with one attached hydrogen (secondary N) is 2. The number of aryl methyl sites for hydroxylation is 1. The predicted molar refractivity (Wildman–Crippen MR) is 86.2 cm³/mol. The number of para-hydroxylation sites is 2. The molecule has 4 N–H and O–H groups in total. The molecule has 0 bridgehead atoms. The second-order valence-electron chi connectivity index (χ2n) is 4.66. The van der Waals surface area contributed by atoms with E-state index in [4.69, 9.17) is 15.2 Å². The monoisotopic (exact) mass is 301 g/mol. The molecule has 116 valence electrons. The molecule has 2 rings (SSSR count). The van der Waals surface area contributed by atoms with Gasteiger partial charge in [0.2, 0.25) is 0 Å². The van der Waals surface area contributed by atoms with Crippen molar-refractivity contribution in [1.29, 1.82) is 0 Å². The number of methoxy groups -OCH3 is 1. The maximum Gasteiger partial charge on any atom is 0.321 e. The van der Waals surface area contributed by atoms with Crippen molar-refractivity contribution in [3.8, 4) is 11.5 Å². The highest BCUT2D eigenvalue weighted by atomic mass is 16.5. The zero-order valence-corrected chi connectivity index (χ0v) is 12.6. The van der Waals surface area contributed by atoms with Crippen LogP contribution in [-0.4, -0.2) is 19.9 Å². The van der Waals surface area contributed by atoms with E-state index >= 15 is 0 Å². The minimum Gasteiger partial charge on any atom is -0.493 e. The van der Waals surface area contributed by atoms with Crippen molar-refractivity contribution >= 4 is 17.4 Å². The van der Waals surface area contributed by atoms with E-state index in [2.05, 4.69) is 10.6 Å². The van der Waals surface area contributed by atoms with Gasteiger partial charge in [0.1, 0.15) is 0 Å². The molecular formula is C16H19N3O3. The molecule has 2 aromatic rings. The van der Waals surface area contributed by atoms with Crippen LogP contribution in [0.5, 0.6) is 11.5 Å². The first-order valence-corrected chi connectivity index (χ1v) is 6.77. The van der Waals surface area contributed by atoms with Crippen molar-refractivity contribution in [2.75, 3.05) is 24.9 Å². The Bertz CT molecular complexity index is 659. The van der Waals surface area contributed by atoms with E-state index in [0.29, 0.717) is 22.9 Å². The molecule has 0 heterocycles. The molecule has 0 saturated carbocycles. The van der Waals surface area contributed by atoms with Crippen LogP contribution < -0.4 is 25.8 Å². The zero-order chi connectivity index (χ0) is 15.9. The lowest BCUT2D eigenvalue weighted by Crippen LogP contribution is -2.32. The lowest BCUT2D eigenvalue weighted by molar-refractivity contribution is 0.231. The van der Waals surface area contributed by atoms with Gasteiger partial charge < -0.3 is 25.8 Å². The number of nitrogen functional groups attached to an aromatic ring is 1. The number of carbonyl (C=O) groups excluding carboxylic acids is 1. The lowest BCUT2D eigenvalue weighted by Gasteiger charge is -2.12. The zero-order valence-electron chi connectivity index (χ0n) is 12.6. The van der Waals surface area contributed by atoms with Crippen LogP contribution in [0.4, 0.5) is 16.2 Å². The molecule has 0 spiro atoms. The quantitative estimate of drug-likeness (QED) is 0.585. The van der Waals surface area contributed by atoms with Crippen LogP contribution in [0, 0.1) is 6.92 Å². The van der Waals surface area contributed by atoms with Gasteiger partial charge in [-0.05, 0) is 36.8 Å². The molecule has 0 aliphatic rings. The smallest absolute Gasteiger partial charge is 0.321 e. The average Bonchev–Trinajstić information content (AvgIpc) is 2.51. The molecule has 0 saturated heterocycles. The lowest BCUT2D eigenvalue weighted by atomic mass is 10.2. The van der Waals surface area contributed by atoms with Gasteiger partial charge in [-0.3, -0.25) is 0 Å². The number of rotatable bonds is 5. The standard InChI is InChI=1S/C16H19N3O3/c1-11-7-8-12(17)13(9-11)19-16(20)18-10-22-15-6-4-3-5-14(15)21-2/h3-9H,10,17H2,1-2H3,(H2,18,19,20). The van der Waals surface area contributed by atoms with Gasteiger partial charge in [-0.15, -0.1) is 0 Å². The fraction of sp³-hybridized carbons (Fsp3) is 0.188. The van der Waals surface area contributed by atoms with Crippen molar-refractivity contribution < 1.29 is 14.3 Å². The minimum atomic E-state index is -0.396. The van der Waals surface area contributed by atoms with Crippen molar-refractivity contribution in [3.05, 3.63) is 48.0 Å². The van der Waals surface area contributed by atoms with Gasteiger partial charge in [0, 0.05) is 0 Å². The second-order valence-corrected chi connectivity index (χ2v) is 4.66. The third-order valence-corrected chi connectivity index (χ3v) is 2.99. The van der Waals surface area contributed by atoms with E-state index in [9.17, 15) is 4.79 Å². The topological polar surface area (TPSA) is 85.6 Å². The van der Waals surface area contributed by atoms with Gasteiger partial charge in [-0.1, -0.05) is 18.2 Å². The molecule has 0 atom stereocenters. The van der Waals surface area contributed by atoms with E-state index in [1.807, 2.05) is 25.1 Å². The Morgan fingerprint density at radius 2 is 1.91 bits per heavy atom. The van der Waals surface area contributed by atoms with Gasteiger partial charge in [-0.25, -0.2) is 4.79 Å². The van der Waals surface area contributed by atoms with Gasteiger partial charge in [0.15, 0.2) is 18.2 Å². The summed E-state index contributed by atoms with van der Waals surface area (Å²) in [4.78, 5) is 11.8. The summed E-state index contributed by atoms with van der Waals surface area (Å²) in [6, 6.07) is 12.2. The van der Waals surface area contributed by atoms with Gasteiger partial charge in [0.25, 0.3) is 0 Å². The number of hydrogen-bond donors (Lipinski definition) is 3. The Balaban J connectivity index is 1.87. The summed E-state index contributed by atoms with van der Waals surface area (Å²) >= 11 is 0. The van der Waals surface area contributed by atoms with Gasteiger partial charge >= 0.3 is 6.03 Å². The number of anilines is 2. The first-order valence-electron chi connectivity index (χ1n) is 6.77. The molecule has 0 aliphatic heterocycles. The molecule has 0 fully saturated rings. The maximum absolute atomic E-state index is 11.8. The number of nitrogens with two attached hydrogens (primary N) is 1. The Kier molecular flexibility index (Phi) is 5.08. The van der Waals surface area contributed by atoms with Crippen molar-refractivity contribution in [1.82, 2.24) is 5.32 Å². The highest BCUT2D eigenvalue weighted by Crippen LogP contribution is 2.25. The summed E-state index contributed by atoms with van der Waals surface area (Å²) < 4.78 is 10.6. The molecule has 6 heteroatoms. The van der Waals surface area contributed by atoms with Crippen LogP contribution >= 0.6 is 0 Å². The number of benzene rings is 2. The van der Waals surface area contributed by atoms with Crippen LogP contribution in [0.3, 0.4) is 0 Å². The molecule has 22 heavy (non-hydrogen) atoms. The highest BCUT2D eigenvalue weighted by Gasteiger charge is 2.06. The van der Waals surface area contributed by atoms with Crippen molar-refractivity contribution in [3.63, 3.8) is 0 Å². The van der Waals surface area contributed by atoms with Crippen molar-refractivity contribution in [2.24, 2.45) is 0 Å². The Morgan fingerprint density at radius 1 is 1.18 bits per heavy atom. The van der Waals surface area contributed by atoms with Gasteiger partial charge in [-0.2, -0.15) is 0 Å². The number of amides is 2. The van der Waals surface area contributed by atoms with E-state index in [1.165, 1.54) is 0 Å². The fourth-order valence-electron chi connectivity index (χ4n) is 1.86. The molecule has 0 aromatic heterocycles. The average molecular weight is 301 g/mol. The summed E-state index contributed by atoms with van der Waals surface area (Å²) in [5, 5.41) is 5.27. The van der Waals surface area contributed by atoms with E-state index in [1.54, 1.807) is 31.4 Å². The molecule has 0 radical (unpaired) electrons. The molecular weight excluding hydrogens is 282 g/mol. The van der Waals surface area contributed by atoms with Crippen LogP contribution in [0.2, 0.25) is 0 Å². The van der Waals surface area contributed by atoms with E-state index in [-0.39, 0.29) is 6.73 Å². The third kappa shape index (κ3) is 4.05. The largest absolute Gasteiger partial charge is 0.493 e. The number of hydrogen-bond acceptors (Lipinski definition) is 4. The molecule has 2 aromatic carbocycles. The Hall–Kier alpha value is -2.89. The van der Waals surface area contributed by atoms with Crippen LogP contribution in [0.15, 0.2) is 42.5 Å².